The molecule has 0 unspecified atom stereocenters. The van der Waals surface area contributed by atoms with Gasteiger partial charge in [0, 0.05) is 12.7 Å². The van der Waals surface area contributed by atoms with Crippen LogP contribution in [0.5, 0.6) is 5.75 Å². The summed E-state index contributed by atoms with van der Waals surface area (Å²) in [6.45, 7) is 4.72. The molecule has 0 radical (unpaired) electrons. The van der Waals surface area contributed by atoms with Gasteiger partial charge in [-0.3, -0.25) is 0 Å². The molecular formula is C11H16O2. The van der Waals surface area contributed by atoms with E-state index < -0.39 is 0 Å². The number of phenols is 1. The van der Waals surface area contributed by atoms with Crippen molar-refractivity contribution < 1.29 is 9.84 Å². The summed E-state index contributed by atoms with van der Waals surface area (Å²) >= 11 is 0. The number of phenolic OH excluding ortho intramolecular Hbond substituents is 1. The Morgan fingerprint density at radius 1 is 1.38 bits per heavy atom. The Balaban J connectivity index is 2.97. The van der Waals surface area contributed by atoms with Crippen molar-refractivity contribution in [1.82, 2.24) is 0 Å². The van der Waals surface area contributed by atoms with Gasteiger partial charge in [0.15, 0.2) is 0 Å². The van der Waals surface area contributed by atoms with Crippen molar-refractivity contribution in [2.45, 2.75) is 26.4 Å². The van der Waals surface area contributed by atoms with Crippen LogP contribution in [0.2, 0.25) is 0 Å². The van der Waals surface area contributed by atoms with E-state index in [1.54, 1.807) is 13.2 Å². The number of ether oxygens (including phenoxy) is 1. The predicted octanol–water partition coefficient (Wildman–Crippen LogP) is 2.66. The number of aromatic hydroxyl groups is 1. The fourth-order valence-corrected chi connectivity index (χ4v) is 1.24. The van der Waals surface area contributed by atoms with Gasteiger partial charge >= 0.3 is 0 Å². The summed E-state index contributed by atoms with van der Waals surface area (Å²) in [6.07, 6.45) is 0. The van der Waals surface area contributed by atoms with E-state index in [9.17, 15) is 5.11 Å². The fraction of sp³-hybridized carbons (Fsp3) is 0.455. The van der Waals surface area contributed by atoms with Gasteiger partial charge in [-0.15, -0.1) is 0 Å². The quantitative estimate of drug-likeness (QED) is 0.774. The molecule has 1 rings (SSSR count). The summed E-state index contributed by atoms with van der Waals surface area (Å²) in [4.78, 5) is 0. The summed E-state index contributed by atoms with van der Waals surface area (Å²) in [5.74, 6) is 0.794. The Labute approximate surface area is 79.2 Å². The average molecular weight is 180 g/mol. The van der Waals surface area contributed by atoms with Gasteiger partial charge < -0.3 is 9.84 Å². The predicted molar refractivity (Wildman–Crippen MR) is 52.9 cm³/mol. The van der Waals surface area contributed by atoms with Crippen LogP contribution in [0.25, 0.3) is 0 Å². The monoisotopic (exact) mass is 180 g/mol. The Hall–Kier alpha value is -1.02. The largest absolute Gasteiger partial charge is 0.508 e. The Morgan fingerprint density at radius 2 is 2.08 bits per heavy atom. The van der Waals surface area contributed by atoms with E-state index in [0.717, 1.165) is 5.56 Å². The third kappa shape index (κ3) is 2.46. The molecule has 0 bridgehead atoms. The van der Waals surface area contributed by atoms with Gasteiger partial charge in [-0.25, -0.2) is 0 Å². The first-order valence-electron chi connectivity index (χ1n) is 4.46. The van der Waals surface area contributed by atoms with Crippen LogP contribution in [-0.2, 0) is 11.3 Å². The van der Waals surface area contributed by atoms with Crippen LogP contribution in [0.4, 0.5) is 0 Å². The lowest BCUT2D eigenvalue weighted by atomic mass is 10.0. The molecule has 1 aromatic rings. The normalized spacial score (nSPS) is 10.8. The fourth-order valence-electron chi connectivity index (χ4n) is 1.24. The topological polar surface area (TPSA) is 29.5 Å². The van der Waals surface area contributed by atoms with Crippen LogP contribution < -0.4 is 0 Å². The zero-order valence-electron chi connectivity index (χ0n) is 8.37. The maximum Gasteiger partial charge on any atom is 0.121 e. The molecule has 0 spiro atoms. The van der Waals surface area contributed by atoms with Crippen molar-refractivity contribution in [2.75, 3.05) is 7.11 Å². The van der Waals surface area contributed by atoms with Crippen LogP contribution >= 0.6 is 0 Å². The third-order valence-corrected chi connectivity index (χ3v) is 2.07. The molecule has 0 saturated carbocycles. The molecule has 2 heteroatoms. The van der Waals surface area contributed by atoms with Gasteiger partial charge in [0.25, 0.3) is 0 Å². The Kier molecular flexibility index (Phi) is 3.32. The van der Waals surface area contributed by atoms with Gasteiger partial charge in [0.1, 0.15) is 5.75 Å². The summed E-state index contributed by atoms with van der Waals surface area (Å²) < 4.78 is 4.98. The van der Waals surface area contributed by atoms with Crippen LogP contribution in [0.15, 0.2) is 18.2 Å². The number of methoxy groups -OCH3 is 1. The molecule has 0 saturated heterocycles. The molecule has 0 amide bonds. The molecule has 1 aromatic carbocycles. The molecule has 0 fully saturated rings. The van der Waals surface area contributed by atoms with Crippen LogP contribution in [0.1, 0.15) is 30.9 Å². The highest BCUT2D eigenvalue weighted by atomic mass is 16.5. The summed E-state index contributed by atoms with van der Waals surface area (Å²) in [5, 5.41) is 9.47. The van der Waals surface area contributed by atoms with E-state index in [1.807, 2.05) is 12.1 Å². The molecule has 0 aliphatic rings. The highest BCUT2D eigenvalue weighted by Crippen LogP contribution is 2.23. The van der Waals surface area contributed by atoms with E-state index in [-0.39, 0.29) is 0 Å². The number of benzene rings is 1. The number of hydrogen-bond acceptors (Lipinski definition) is 2. The van der Waals surface area contributed by atoms with Gasteiger partial charge in [-0.1, -0.05) is 19.9 Å². The van der Waals surface area contributed by atoms with Gasteiger partial charge in [0.05, 0.1) is 6.61 Å². The van der Waals surface area contributed by atoms with Crippen molar-refractivity contribution in [3.05, 3.63) is 29.3 Å². The second-order valence-electron chi connectivity index (χ2n) is 3.48. The van der Waals surface area contributed by atoms with Crippen molar-refractivity contribution in [3.8, 4) is 5.75 Å². The molecular weight excluding hydrogens is 164 g/mol. The van der Waals surface area contributed by atoms with Crippen molar-refractivity contribution in [3.63, 3.8) is 0 Å². The van der Waals surface area contributed by atoms with Crippen molar-refractivity contribution in [2.24, 2.45) is 0 Å². The molecule has 0 atom stereocenters. The Morgan fingerprint density at radius 3 is 2.62 bits per heavy atom. The lowest BCUT2D eigenvalue weighted by molar-refractivity contribution is 0.182. The zero-order valence-corrected chi connectivity index (χ0v) is 8.37. The van der Waals surface area contributed by atoms with Crippen molar-refractivity contribution >= 4 is 0 Å². The van der Waals surface area contributed by atoms with Crippen LogP contribution in [-0.4, -0.2) is 12.2 Å². The lowest BCUT2D eigenvalue weighted by Crippen LogP contribution is -1.93. The van der Waals surface area contributed by atoms with Crippen LogP contribution in [0, 0.1) is 0 Å². The summed E-state index contributed by atoms with van der Waals surface area (Å²) in [5.41, 5.74) is 2.08. The highest BCUT2D eigenvalue weighted by Gasteiger charge is 2.04. The minimum atomic E-state index is 0.311. The molecule has 0 aliphatic heterocycles. The molecule has 2 nitrogen and oxygen atoms in total. The van der Waals surface area contributed by atoms with Crippen LogP contribution in [0.3, 0.4) is 0 Å². The maximum absolute atomic E-state index is 9.47. The lowest BCUT2D eigenvalue weighted by Gasteiger charge is -2.09. The first-order valence-corrected chi connectivity index (χ1v) is 4.46. The smallest absolute Gasteiger partial charge is 0.121 e. The molecule has 0 aliphatic carbocycles. The maximum atomic E-state index is 9.47. The van der Waals surface area contributed by atoms with E-state index in [0.29, 0.717) is 18.3 Å². The molecule has 13 heavy (non-hydrogen) atoms. The minimum absolute atomic E-state index is 0.311. The van der Waals surface area contributed by atoms with Gasteiger partial charge in [0.2, 0.25) is 0 Å². The number of hydrogen-bond donors (Lipinski definition) is 1. The third-order valence-electron chi connectivity index (χ3n) is 2.07. The first-order chi connectivity index (χ1) is 6.15. The second kappa shape index (κ2) is 4.28. The zero-order chi connectivity index (χ0) is 9.84. The molecule has 1 N–H and O–H groups in total. The van der Waals surface area contributed by atoms with Crippen molar-refractivity contribution in [1.29, 1.82) is 0 Å². The SMILES string of the molecule is COCc1cc(C(C)C)ccc1O. The second-order valence-corrected chi connectivity index (χ2v) is 3.48. The van der Waals surface area contributed by atoms with Gasteiger partial charge in [-0.2, -0.15) is 0 Å². The van der Waals surface area contributed by atoms with E-state index >= 15 is 0 Å². The van der Waals surface area contributed by atoms with E-state index in [2.05, 4.69) is 13.8 Å². The standard InChI is InChI=1S/C11H16O2/c1-8(2)9-4-5-11(12)10(6-9)7-13-3/h4-6,8,12H,7H2,1-3H3. The summed E-state index contributed by atoms with van der Waals surface area (Å²) in [7, 11) is 1.63. The minimum Gasteiger partial charge on any atom is -0.508 e. The molecule has 72 valence electrons. The summed E-state index contributed by atoms with van der Waals surface area (Å²) in [6, 6.07) is 5.66. The van der Waals surface area contributed by atoms with E-state index in [1.165, 1.54) is 5.56 Å². The Bertz CT molecular complexity index is 279. The van der Waals surface area contributed by atoms with Gasteiger partial charge in [-0.05, 0) is 23.6 Å². The molecule has 0 heterocycles. The number of rotatable bonds is 3. The average Bonchev–Trinajstić information content (AvgIpc) is 2.08. The highest BCUT2D eigenvalue weighted by molar-refractivity contribution is 5.36. The molecule has 0 aromatic heterocycles. The first kappa shape index (κ1) is 10.1. The van der Waals surface area contributed by atoms with E-state index in [4.69, 9.17) is 4.74 Å².